The molecule has 2 N–H and O–H groups in total. The molecule has 1 aliphatic carbocycles. The van der Waals surface area contributed by atoms with Gasteiger partial charge < -0.3 is 19.7 Å². The number of hydrogen-bond donors (Lipinski definition) is 2. The standard InChI is InChI=1S/C24H37N3O6S/c1-24(2,3)33-23(29)25-16-19-11-7-8-14-27(19)22(28)17-12-13-20(32-4)21(15-17)34(30,31)26-18-9-5-6-10-18/h12-13,15,18-19,26H,5-11,14,16H2,1-4H3,(H,25,29)/t19-/m1/s1. The monoisotopic (exact) mass is 495 g/mol. The molecule has 1 saturated heterocycles. The van der Waals surface area contributed by atoms with E-state index in [1.165, 1.54) is 19.2 Å². The molecule has 1 saturated carbocycles. The van der Waals surface area contributed by atoms with Gasteiger partial charge in [-0.1, -0.05) is 12.8 Å². The Morgan fingerprint density at radius 3 is 2.41 bits per heavy atom. The van der Waals surface area contributed by atoms with Crippen molar-refractivity contribution in [2.45, 2.75) is 88.3 Å². The minimum atomic E-state index is -3.84. The number of methoxy groups -OCH3 is 1. The van der Waals surface area contributed by atoms with E-state index < -0.39 is 21.7 Å². The summed E-state index contributed by atoms with van der Waals surface area (Å²) in [5.74, 6) is -0.0699. The molecular formula is C24H37N3O6S. The van der Waals surface area contributed by atoms with E-state index in [4.69, 9.17) is 9.47 Å². The first-order valence-electron chi connectivity index (χ1n) is 12.0. The lowest BCUT2D eigenvalue weighted by atomic mass is 10.0. The zero-order chi connectivity index (χ0) is 24.9. The van der Waals surface area contributed by atoms with Crippen LogP contribution in [0.3, 0.4) is 0 Å². The Balaban J connectivity index is 1.77. The molecule has 3 rings (SSSR count). The minimum Gasteiger partial charge on any atom is -0.495 e. The molecule has 1 atom stereocenters. The summed E-state index contributed by atoms with van der Waals surface area (Å²) in [6, 6.07) is 4.20. The maximum atomic E-state index is 13.4. The largest absolute Gasteiger partial charge is 0.495 e. The van der Waals surface area contributed by atoms with Gasteiger partial charge in [0, 0.05) is 30.7 Å². The highest BCUT2D eigenvalue weighted by Gasteiger charge is 2.31. The van der Waals surface area contributed by atoms with Gasteiger partial charge in [-0.05, 0) is 71.1 Å². The van der Waals surface area contributed by atoms with Crippen LogP contribution in [0.2, 0.25) is 0 Å². The number of alkyl carbamates (subject to hydrolysis) is 1. The summed E-state index contributed by atoms with van der Waals surface area (Å²) in [6.45, 7) is 6.18. The lowest BCUT2D eigenvalue weighted by Crippen LogP contribution is -2.50. The fourth-order valence-corrected chi connectivity index (χ4v) is 6.01. The van der Waals surface area contributed by atoms with Crippen LogP contribution in [0, 0.1) is 0 Å². The van der Waals surface area contributed by atoms with E-state index in [1.807, 2.05) is 0 Å². The Morgan fingerprint density at radius 2 is 1.76 bits per heavy atom. The van der Waals surface area contributed by atoms with Gasteiger partial charge >= 0.3 is 6.09 Å². The van der Waals surface area contributed by atoms with Gasteiger partial charge in [0.2, 0.25) is 10.0 Å². The van der Waals surface area contributed by atoms with E-state index in [2.05, 4.69) is 10.0 Å². The van der Waals surface area contributed by atoms with Crippen LogP contribution in [0.25, 0.3) is 0 Å². The Kier molecular flexibility index (Phi) is 8.46. The highest BCUT2D eigenvalue weighted by atomic mass is 32.2. The first-order chi connectivity index (χ1) is 16.0. The van der Waals surface area contributed by atoms with Gasteiger partial charge in [0.05, 0.1) is 7.11 Å². The second-order valence-electron chi connectivity index (χ2n) is 10.00. The van der Waals surface area contributed by atoms with Crippen LogP contribution in [0.4, 0.5) is 4.79 Å². The van der Waals surface area contributed by atoms with Gasteiger partial charge in [0.1, 0.15) is 16.2 Å². The number of sulfonamides is 1. The molecule has 2 fully saturated rings. The minimum absolute atomic E-state index is 0.0341. The van der Waals surface area contributed by atoms with E-state index in [9.17, 15) is 18.0 Å². The number of piperidine rings is 1. The first-order valence-corrected chi connectivity index (χ1v) is 13.5. The Morgan fingerprint density at radius 1 is 1.09 bits per heavy atom. The zero-order valence-electron chi connectivity index (χ0n) is 20.6. The summed E-state index contributed by atoms with van der Waals surface area (Å²) >= 11 is 0. The van der Waals surface area contributed by atoms with Crippen molar-refractivity contribution in [3.05, 3.63) is 23.8 Å². The van der Waals surface area contributed by atoms with Crippen molar-refractivity contribution in [1.29, 1.82) is 0 Å². The van der Waals surface area contributed by atoms with Crippen LogP contribution in [0.15, 0.2) is 23.1 Å². The van der Waals surface area contributed by atoms with Crippen molar-refractivity contribution in [2.75, 3.05) is 20.2 Å². The summed E-state index contributed by atoms with van der Waals surface area (Å²) in [5, 5.41) is 2.76. The Hall–Kier alpha value is -2.33. The lowest BCUT2D eigenvalue weighted by Gasteiger charge is -2.36. The molecule has 1 aromatic carbocycles. The number of amides is 2. The molecule has 0 unspecified atom stereocenters. The molecular weight excluding hydrogens is 458 g/mol. The number of rotatable bonds is 7. The molecule has 190 valence electrons. The number of likely N-dealkylation sites (tertiary alicyclic amines) is 1. The van der Waals surface area contributed by atoms with Crippen LogP contribution in [-0.2, 0) is 14.8 Å². The molecule has 34 heavy (non-hydrogen) atoms. The number of carbonyl (C=O) groups excluding carboxylic acids is 2. The maximum absolute atomic E-state index is 13.4. The molecule has 0 spiro atoms. The van der Waals surface area contributed by atoms with Crippen molar-refractivity contribution in [2.24, 2.45) is 0 Å². The molecule has 2 amide bonds. The average molecular weight is 496 g/mol. The molecule has 1 aromatic rings. The number of carbonyl (C=O) groups is 2. The highest BCUT2D eigenvalue weighted by Crippen LogP contribution is 2.29. The van der Waals surface area contributed by atoms with Crippen LogP contribution in [0.5, 0.6) is 5.75 Å². The average Bonchev–Trinajstić information content (AvgIpc) is 3.28. The molecule has 9 nitrogen and oxygen atoms in total. The van der Waals surface area contributed by atoms with Crippen molar-refractivity contribution in [1.82, 2.24) is 14.9 Å². The van der Waals surface area contributed by atoms with Crippen molar-refractivity contribution in [3.8, 4) is 5.75 Å². The van der Waals surface area contributed by atoms with E-state index in [1.54, 1.807) is 31.7 Å². The van der Waals surface area contributed by atoms with Crippen molar-refractivity contribution >= 4 is 22.0 Å². The highest BCUT2D eigenvalue weighted by molar-refractivity contribution is 7.89. The fourth-order valence-electron chi connectivity index (χ4n) is 4.51. The van der Waals surface area contributed by atoms with Gasteiger partial charge in [-0.3, -0.25) is 4.79 Å². The molecule has 0 radical (unpaired) electrons. The predicted octanol–water partition coefficient (Wildman–Crippen LogP) is 3.44. The van der Waals surface area contributed by atoms with Crippen molar-refractivity contribution < 1.29 is 27.5 Å². The quantitative estimate of drug-likeness (QED) is 0.599. The summed E-state index contributed by atoms with van der Waals surface area (Å²) in [7, 11) is -2.43. The van der Waals surface area contributed by atoms with Gasteiger partial charge in [0.15, 0.2) is 0 Å². The molecule has 10 heteroatoms. The second-order valence-corrected chi connectivity index (χ2v) is 11.7. The van der Waals surface area contributed by atoms with Gasteiger partial charge in [-0.25, -0.2) is 17.9 Å². The van der Waals surface area contributed by atoms with Crippen LogP contribution in [0.1, 0.15) is 76.1 Å². The van der Waals surface area contributed by atoms with E-state index in [-0.39, 0.29) is 40.7 Å². The summed E-state index contributed by atoms with van der Waals surface area (Å²) < 4.78 is 39.6. The number of ether oxygens (including phenoxy) is 2. The number of nitrogens with zero attached hydrogens (tertiary/aromatic N) is 1. The summed E-state index contributed by atoms with van der Waals surface area (Å²) in [4.78, 5) is 27.2. The third-order valence-electron chi connectivity index (χ3n) is 6.15. The van der Waals surface area contributed by atoms with E-state index in [0.29, 0.717) is 6.54 Å². The fraction of sp³-hybridized carbons (Fsp3) is 0.667. The number of hydrogen-bond acceptors (Lipinski definition) is 6. The molecule has 0 aromatic heterocycles. The third-order valence-corrected chi connectivity index (χ3v) is 7.69. The summed E-state index contributed by atoms with van der Waals surface area (Å²) in [5.41, 5.74) is -0.333. The molecule has 2 aliphatic rings. The molecule has 1 heterocycles. The van der Waals surface area contributed by atoms with Crippen LogP contribution in [-0.4, -0.2) is 63.2 Å². The number of nitrogens with one attached hydrogen (secondary N) is 2. The van der Waals surface area contributed by atoms with Crippen molar-refractivity contribution in [3.63, 3.8) is 0 Å². The van der Waals surface area contributed by atoms with Crippen LogP contribution < -0.4 is 14.8 Å². The van der Waals surface area contributed by atoms with Gasteiger partial charge in [0.25, 0.3) is 5.91 Å². The van der Waals surface area contributed by atoms with Gasteiger partial charge in [-0.15, -0.1) is 0 Å². The third kappa shape index (κ3) is 6.85. The first kappa shape index (κ1) is 26.3. The predicted molar refractivity (Wildman–Crippen MR) is 128 cm³/mol. The molecule has 0 bridgehead atoms. The van der Waals surface area contributed by atoms with Gasteiger partial charge in [-0.2, -0.15) is 0 Å². The Labute approximate surface area is 202 Å². The lowest BCUT2D eigenvalue weighted by molar-refractivity contribution is 0.0462. The summed E-state index contributed by atoms with van der Waals surface area (Å²) in [6.07, 6.45) is 5.61. The van der Waals surface area contributed by atoms with Crippen LogP contribution >= 0.6 is 0 Å². The van der Waals surface area contributed by atoms with E-state index >= 15 is 0 Å². The smallest absolute Gasteiger partial charge is 0.407 e. The maximum Gasteiger partial charge on any atom is 0.407 e. The topological polar surface area (TPSA) is 114 Å². The molecule has 1 aliphatic heterocycles. The number of benzene rings is 1. The Bertz CT molecular complexity index is 983. The SMILES string of the molecule is COc1ccc(C(=O)N2CCCC[C@@H]2CNC(=O)OC(C)(C)C)cc1S(=O)(=O)NC1CCCC1. The second kappa shape index (κ2) is 10.9. The van der Waals surface area contributed by atoms with E-state index in [0.717, 1.165) is 44.9 Å². The normalized spacial score (nSPS) is 19.6. The zero-order valence-corrected chi connectivity index (χ0v) is 21.4.